The van der Waals surface area contributed by atoms with E-state index in [2.05, 4.69) is 4.90 Å². The summed E-state index contributed by atoms with van der Waals surface area (Å²) in [6, 6.07) is 0.554. The van der Waals surface area contributed by atoms with Crippen LogP contribution >= 0.6 is 0 Å². The molecule has 0 aromatic heterocycles. The highest BCUT2D eigenvalue weighted by Gasteiger charge is 2.41. The molecule has 18 heavy (non-hydrogen) atoms. The first-order chi connectivity index (χ1) is 8.83. The van der Waals surface area contributed by atoms with E-state index in [9.17, 15) is 4.79 Å². The second-order valence-electron chi connectivity index (χ2n) is 5.97. The third kappa shape index (κ3) is 2.33. The summed E-state index contributed by atoms with van der Waals surface area (Å²) in [4.78, 5) is 14.0. The van der Waals surface area contributed by atoms with Crippen LogP contribution in [0.5, 0.6) is 0 Å². The van der Waals surface area contributed by atoms with E-state index in [1.165, 1.54) is 25.5 Å². The molecule has 3 rings (SSSR count). The minimum atomic E-state index is -0.164. The van der Waals surface area contributed by atoms with Crippen LogP contribution in [-0.4, -0.2) is 56.2 Å². The Bertz CT molecular complexity index is 301. The number of aldehydes is 1. The number of morpholine rings is 1. The summed E-state index contributed by atoms with van der Waals surface area (Å²) in [5.74, 6) is 0. The molecule has 102 valence electrons. The van der Waals surface area contributed by atoms with Crippen LogP contribution in [-0.2, 0) is 14.3 Å². The number of hydrogen-bond donors (Lipinski definition) is 0. The lowest BCUT2D eigenvalue weighted by Gasteiger charge is -2.43. The minimum absolute atomic E-state index is 0.164. The summed E-state index contributed by atoms with van der Waals surface area (Å²) < 4.78 is 11.2. The highest BCUT2D eigenvalue weighted by Crippen LogP contribution is 2.35. The van der Waals surface area contributed by atoms with Gasteiger partial charge in [-0.3, -0.25) is 4.90 Å². The monoisotopic (exact) mass is 253 g/mol. The van der Waals surface area contributed by atoms with Gasteiger partial charge in [0.1, 0.15) is 6.29 Å². The van der Waals surface area contributed by atoms with Crippen molar-refractivity contribution in [1.29, 1.82) is 0 Å². The van der Waals surface area contributed by atoms with Crippen molar-refractivity contribution < 1.29 is 14.3 Å². The molecule has 4 heteroatoms. The largest absolute Gasteiger partial charge is 0.381 e. The van der Waals surface area contributed by atoms with Gasteiger partial charge < -0.3 is 14.3 Å². The lowest BCUT2D eigenvalue weighted by molar-refractivity contribution is -0.127. The van der Waals surface area contributed by atoms with Gasteiger partial charge in [-0.1, -0.05) is 0 Å². The van der Waals surface area contributed by atoms with Crippen molar-refractivity contribution in [2.24, 2.45) is 5.41 Å². The van der Waals surface area contributed by atoms with Gasteiger partial charge in [0.2, 0.25) is 0 Å². The smallest absolute Gasteiger partial charge is 0.127 e. The number of carbonyl (C=O) groups is 1. The fraction of sp³-hybridized carbons (Fsp3) is 0.929. The van der Waals surface area contributed by atoms with Gasteiger partial charge in [-0.05, 0) is 32.1 Å². The molecule has 2 atom stereocenters. The molecule has 3 fully saturated rings. The zero-order valence-corrected chi connectivity index (χ0v) is 11.0. The van der Waals surface area contributed by atoms with Crippen LogP contribution in [0.15, 0.2) is 0 Å². The molecule has 0 N–H and O–H groups in total. The van der Waals surface area contributed by atoms with E-state index in [-0.39, 0.29) is 5.41 Å². The van der Waals surface area contributed by atoms with Crippen molar-refractivity contribution in [3.05, 3.63) is 0 Å². The van der Waals surface area contributed by atoms with Crippen molar-refractivity contribution in [2.45, 2.75) is 44.2 Å². The van der Waals surface area contributed by atoms with Crippen molar-refractivity contribution in [2.75, 3.05) is 32.9 Å². The molecule has 3 aliphatic rings. The summed E-state index contributed by atoms with van der Waals surface area (Å²) in [6.45, 7) is 4.18. The molecule has 1 aliphatic carbocycles. The molecule has 2 saturated heterocycles. The average molecular weight is 253 g/mol. The van der Waals surface area contributed by atoms with Gasteiger partial charge >= 0.3 is 0 Å². The molecule has 2 heterocycles. The van der Waals surface area contributed by atoms with Gasteiger partial charge in [0, 0.05) is 37.8 Å². The molecular formula is C14H23NO3. The summed E-state index contributed by atoms with van der Waals surface area (Å²) in [5.41, 5.74) is -0.164. The Morgan fingerprint density at radius 1 is 1.22 bits per heavy atom. The third-order valence-corrected chi connectivity index (χ3v) is 4.85. The van der Waals surface area contributed by atoms with Gasteiger partial charge in [-0.2, -0.15) is 0 Å². The molecule has 0 radical (unpaired) electrons. The first-order valence-corrected chi connectivity index (χ1v) is 7.23. The molecule has 0 amide bonds. The number of rotatable bonds is 3. The zero-order chi connectivity index (χ0) is 12.4. The molecule has 0 aromatic rings. The van der Waals surface area contributed by atoms with Crippen molar-refractivity contribution in [3.63, 3.8) is 0 Å². The van der Waals surface area contributed by atoms with Gasteiger partial charge in [0.15, 0.2) is 0 Å². The predicted octanol–water partition coefficient (Wildman–Crippen LogP) is 1.24. The Kier molecular flexibility index (Phi) is 3.68. The normalized spacial score (nSPS) is 36.2. The zero-order valence-electron chi connectivity index (χ0n) is 11.0. The molecule has 0 aromatic carbocycles. The number of nitrogens with zero attached hydrogens (tertiary/aromatic N) is 1. The Labute approximate surface area is 109 Å². The topological polar surface area (TPSA) is 38.8 Å². The van der Waals surface area contributed by atoms with Crippen LogP contribution in [0.1, 0.15) is 32.1 Å². The average Bonchev–Trinajstić information content (AvgIpc) is 2.89. The molecule has 2 unspecified atom stereocenters. The highest BCUT2D eigenvalue weighted by atomic mass is 16.5. The summed E-state index contributed by atoms with van der Waals surface area (Å²) >= 11 is 0. The van der Waals surface area contributed by atoms with Crippen LogP contribution in [0.4, 0.5) is 0 Å². The second-order valence-corrected chi connectivity index (χ2v) is 5.97. The predicted molar refractivity (Wildman–Crippen MR) is 67.5 cm³/mol. The standard InChI is InChI=1S/C14H23NO3/c16-11-14(4-7-17-8-5-14)10-15-6-9-18-13-3-1-2-12(13)15/h11-13H,1-10H2. The van der Waals surface area contributed by atoms with Crippen LogP contribution in [0.3, 0.4) is 0 Å². The van der Waals surface area contributed by atoms with E-state index >= 15 is 0 Å². The second kappa shape index (κ2) is 5.27. The first-order valence-electron chi connectivity index (χ1n) is 7.23. The van der Waals surface area contributed by atoms with Crippen LogP contribution < -0.4 is 0 Å². The molecular weight excluding hydrogens is 230 g/mol. The maximum Gasteiger partial charge on any atom is 0.127 e. The maximum absolute atomic E-state index is 11.5. The molecule has 4 nitrogen and oxygen atoms in total. The Morgan fingerprint density at radius 2 is 2.06 bits per heavy atom. The molecule has 2 aliphatic heterocycles. The third-order valence-electron chi connectivity index (χ3n) is 4.85. The Hall–Kier alpha value is -0.450. The lowest BCUT2D eigenvalue weighted by atomic mass is 9.80. The van der Waals surface area contributed by atoms with Gasteiger partial charge in [-0.15, -0.1) is 0 Å². The fourth-order valence-corrected chi connectivity index (χ4v) is 3.70. The Balaban J connectivity index is 1.68. The number of hydrogen-bond acceptors (Lipinski definition) is 4. The van der Waals surface area contributed by atoms with Crippen LogP contribution in [0.25, 0.3) is 0 Å². The first kappa shape index (κ1) is 12.6. The number of fused-ring (bicyclic) bond motifs is 1. The number of carbonyl (C=O) groups excluding carboxylic acids is 1. The van der Waals surface area contributed by atoms with Gasteiger partial charge in [0.05, 0.1) is 12.7 Å². The van der Waals surface area contributed by atoms with E-state index in [4.69, 9.17) is 9.47 Å². The molecule has 1 saturated carbocycles. The van der Waals surface area contributed by atoms with Gasteiger partial charge in [0.25, 0.3) is 0 Å². The minimum Gasteiger partial charge on any atom is -0.381 e. The van der Waals surface area contributed by atoms with Crippen LogP contribution in [0.2, 0.25) is 0 Å². The molecule has 0 bridgehead atoms. The van der Waals surface area contributed by atoms with Gasteiger partial charge in [-0.25, -0.2) is 0 Å². The quantitative estimate of drug-likeness (QED) is 0.709. The van der Waals surface area contributed by atoms with E-state index < -0.39 is 0 Å². The van der Waals surface area contributed by atoms with E-state index in [1.54, 1.807) is 0 Å². The maximum atomic E-state index is 11.5. The van der Waals surface area contributed by atoms with Crippen LogP contribution in [0, 0.1) is 5.41 Å². The summed E-state index contributed by atoms with van der Waals surface area (Å²) in [7, 11) is 0. The lowest BCUT2D eigenvalue weighted by Crippen LogP contribution is -2.53. The van der Waals surface area contributed by atoms with E-state index in [0.29, 0.717) is 12.1 Å². The van der Waals surface area contributed by atoms with Crippen molar-refractivity contribution in [1.82, 2.24) is 4.90 Å². The molecule has 0 spiro atoms. The van der Waals surface area contributed by atoms with E-state index in [1.807, 2.05) is 0 Å². The summed E-state index contributed by atoms with van der Waals surface area (Å²) in [5, 5.41) is 0. The van der Waals surface area contributed by atoms with E-state index in [0.717, 1.165) is 45.8 Å². The SMILES string of the molecule is O=CC1(CN2CCOC3CCCC32)CCOCC1. The van der Waals surface area contributed by atoms with Crippen molar-refractivity contribution >= 4 is 6.29 Å². The number of ether oxygens (including phenoxy) is 2. The fourth-order valence-electron chi connectivity index (χ4n) is 3.70. The summed E-state index contributed by atoms with van der Waals surface area (Å²) in [6.07, 6.45) is 7.06. The highest BCUT2D eigenvalue weighted by molar-refractivity contribution is 5.60. The van der Waals surface area contributed by atoms with Crippen molar-refractivity contribution in [3.8, 4) is 0 Å². The Morgan fingerprint density at radius 3 is 2.83 bits per heavy atom.